The second-order valence-electron chi connectivity index (χ2n) is 10.3. The molecule has 0 bridgehead atoms. The molecule has 0 radical (unpaired) electrons. The Labute approximate surface area is 157 Å². The van der Waals surface area contributed by atoms with Crippen LogP contribution in [-0.4, -0.2) is 34.5 Å². The maximum absolute atomic E-state index is 12.2. The number of carboxylic acid groups (broad SMARTS) is 1. The van der Waals surface area contributed by atoms with E-state index in [2.05, 4.69) is 13.8 Å². The second kappa shape index (κ2) is 6.20. The van der Waals surface area contributed by atoms with Crippen molar-refractivity contribution in [3.8, 4) is 0 Å². The summed E-state index contributed by atoms with van der Waals surface area (Å²) in [5.74, 6) is 1.59. The van der Waals surface area contributed by atoms with E-state index >= 15 is 0 Å². The topological polar surface area (TPSA) is 66.8 Å². The largest absolute Gasteiger partial charge is 0.479 e. The second-order valence-corrected chi connectivity index (χ2v) is 10.3. The maximum atomic E-state index is 12.2. The van der Waals surface area contributed by atoms with E-state index in [1.54, 1.807) is 0 Å². The number of hydrogen-bond donors (Lipinski definition) is 2. The molecule has 2 N–H and O–H groups in total. The smallest absolute Gasteiger partial charge is 0.338 e. The molecule has 4 aliphatic rings. The molecule has 0 aromatic carbocycles. The lowest BCUT2D eigenvalue weighted by Gasteiger charge is -2.62. The molecule has 0 spiro atoms. The van der Waals surface area contributed by atoms with Crippen LogP contribution in [-0.2, 0) is 9.53 Å². The van der Waals surface area contributed by atoms with E-state index in [9.17, 15) is 15.0 Å². The van der Waals surface area contributed by atoms with Crippen LogP contribution >= 0.6 is 0 Å². The first-order chi connectivity index (χ1) is 12.3. The lowest BCUT2D eigenvalue weighted by Crippen LogP contribution is -2.64. The van der Waals surface area contributed by atoms with E-state index in [1.165, 1.54) is 38.5 Å². The van der Waals surface area contributed by atoms with E-state index in [-0.39, 0.29) is 5.41 Å². The van der Waals surface area contributed by atoms with Gasteiger partial charge < -0.3 is 14.9 Å². The summed E-state index contributed by atoms with van der Waals surface area (Å²) in [7, 11) is 0. The zero-order valence-electron chi connectivity index (χ0n) is 16.7. The molecule has 4 rings (SSSR count). The van der Waals surface area contributed by atoms with Crippen molar-refractivity contribution in [1.29, 1.82) is 0 Å². The number of aliphatic hydroxyl groups excluding tert-OH is 1. The monoisotopic (exact) mass is 364 g/mol. The van der Waals surface area contributed by atoms with Crippen molar-refractivity contribution in [2.24, 2.45) is 34.5 Å². The highest BCUT2D eigenvalue weighted by Gasteiger charge is 2.64. The molecule has 148 valence electrons. The van der Waals surface area contributed by atoms with Gasteiger partial charge in [0.2, 0.25) is 0 Å². The first kappa shape index (κ1) is 18.7. The van der Waals surface area contributed by atoms with Gasteiger partial charge in [-0.3, -0.25) is 0 Å². The zero-order chi connectivity index (χ0) is 18.7. The van der Waals surface area contributed by atoms with Crippen molar-refractivity contribution < 1.29 is 19.7 Å². The predicted octanol–water partition coefficient (Wildman–Crippen LogP) is 4.25. The van der Waals surface area contributed by atoms with Crippen molar-refractivity contribution >= 4 is 5.97 Å². The van der Waals surface area contributed by atoms with Crippen LogP contribution in [0.5, 0.6) is 0 Å². The highest BCUT2D eigenvalue weighted by molar-refractivity contribution is 5.78. The van der Waals surface area contributed by atoms with Gasteiger partial charge in [-0.1, -0.05) is 20.3 Å². The van der Waals surface area contributed by atoms with E-state index < -0.39 is 17.7 Å². The molecular formula is C22H36O4. The van der Waals surface area contributed by atoms with Crippen molar-refractivity contribution in [2.75, 3.05) is 6.61 Å². The third kappa shape index (κ3) is 2.44. The van der Waals surface area contributed by atoms with Gasteiger partial charge >= 0.3 is 5.97 Å². The van der Waals surface area contributed by atoms with Crippen LogP contribution in [0.4, 0.5) is 0 Å². The Morgan fingerprint density at radius 3 is 2.58 bits per heavy atom. The number of fused-ring (bicyclic) bond motifs is 5. The van der Waals surface area contributed by atoms with Crippen molar-refractivity contribution in [2.45, 2.75) is 90.3 Å². The molecular weight excluding hydrogens is 328 g/mol. The van der Waals surface area contributed by atoms with Crippen LogP contribution in [0.15, 0.2) is 0 Å². The third-order valence-corrected chi connectivity index (χ3v) is 9.30. The fourth-order valence-corrected chi connectivity index (χ4v) is 8.02. The standard InChI is InChI=1S/C22H36O4/c1-4-26-22(19(24)25)13-21(3)14(12-18(22)23)7-8-15-16-6-5-10-20(16,2)11-9-17(15)21/h14-18,23H,4-13H2,1-3H3,(H,24,25)/t14?,15-,16-,17+,18?,20-,21-,22?/m0/s1. The Bertz CT molecular complexity index is 576. The molecule has 4 fully saturated rings. The van der Waals surface area contributed by atoms with Crippen LogP contribution < -0.4 is 0 Å². The molecule has 0 amide bonds. The summed E-state index contributed by atoms with van der Waals surface area (Å²) in [6.07, 6.45) is 9.18. The Morgan fingerprint density at radius 1 is 1.12 bits per heavy atom. The van der Waals surface area contributed by atoms with Gasteiger partial charge in [0.25, 0.3) is 0 Å². The minimum atomic E-state index is -1.42. The Balaban J connectivity index is 1.68. The van der Waals surface area contributed by atoms with E-state index in [1.807, 2.05) is 6.92 Å². The molecule has 0 heterocycles. The number of carboxylic acids is 1. The Kier molecular flexibility index (Phi) is 4.47. The Hall–Kier alpha value is -0.610. The van der Waals surface area contributed by atoms with E-state index in [0.29, 0.717) is 36.7 Å². The predicted molar refractivity (Wildman–Crippen MR) is 99.7 cm³/mol. The minimum Gasteiger partial charge on any atom is -0.479 e. The quantitative estimate of drug-likeness (QED) is 0.786. The number of ether oxygens (including phenoxy) is 1. The lowest BCUT2D eigenvalue weighted by atomic mass is 9.44. The number of carbonyl (C=O) groups is 1. The molecule has 0 aromatic rings. The summed E-state index contributed by atoms with van der Waals surface area (Å²) < 4.78 is 5.79. The van der Waals surface area contributed by atoms with Crippen LogP contribution in [0.25, 0.3) is 0 Å². The van der Waals surface area contributed by atoms with Gasteiger partial charge in [0.05, 0.1) is 6.10 Å². The summed E-state index contributed by atoms with van der Waals surface area (Å²) in [5.41, 5.74) is -0.930. The molecule has 4 aliphatic carbocycles. The minimum absolute atomic E-state index is 0.0281. The van der Waals surface area contributed by atoms with E-state index in [4.69, 9.17) is 4.74 Å². The Morgan fingerprint density at radius 2 is 1.88 bits per heavy atom. The summed E-state index contributed by atoms with van der Waals surface area (Å²) in [6.45, 7) is 7.00. The van der Waals surface area contributed by atoms with Crippen LogP contribution in [0.1, 0.15) is 78.6 Å². The molecule has 26 heavy (non-hydrogen) atoms. The molecule has 4 saturated carbocycles. The fourth-order valence-electron chi connectivity index (χ4n) is 8.02. The number of rotatable bonds is 3. The van der Waals surface area contributed by atoms with Crippen LogP contribution in [0.3, 0.4) is 0 Å². The fraction of sp³-hybridized carbons (Fsp3) is 0.955. The van der Waals surface area contributed by atoms with Gasteiger partial charge in [0.1, 0.15) is 0 Å². The first-order valence-corrected chi connectivity index (χ1v) is 10.8. The molecule has 4 nitrogen and oxygen atoms in total. The summed E-state index contributed by atoms with van der Waals surface area (Å²) in [6, 6.07) is 0. The number of hydrogen-bond acceptors (Lipinski definition) is 3. The highest BCUT2D eigenvalue weighted by atomic mass is 16.5. The van der Waals surface area contributed by atoms with Gasteiger partial charge in [0, 0.05) is 6.61 Å². The van der Waals surface area contributed by atoms with Crippen molar-refractivity contribution in [1.82, 2.24) is 0 Å². The summed E-state index contributed by atoms with van der Waals surface area (Å²) in [4.78, 5) is 12.2. The summed E-state index contributed by atoms with van der Waals surface area (Å²) in [5, 5.41) is 20.8. The normalized spacial score (nSPS) is 53.5. The first-order valence-electron chi connectivity index (χ1n) is 10.8. The van der Waals surface area contributed by atoms with Gasteiger partial charge in [-0.2, -0.15) is 0 Å². The molecule has 0 aliphatic heterocycles. The van der Waals surface area contributed by atoms with Crippen LogP contribution in [0.2, 0.25) is 0 Å². The third-order valence-electron chi connectivity index (χ3n) is 9.30. The van der Waals surface area contributed by atoms with Gasteiger partial charge in [-0.15, -0.1) is 0 Å². The molecule has 0 saturated heterocycles. The average Bonchev–Trinajstić information content (AvgIpc) is 2.98. The average molecular weight is 365 g/mol. The van der Waals surface area contributed by atoms with Crippen molar-refractivity contribution in [3.63, 3.8) is 0 Å². The maximum Gasteiger partial charge on any atom is 0.338 e. The number of aliphatic hydroxyl groups is 1. The zero-order valence-corrected chi connectivity index (χ0v) is 16.7. The molecule has 8 atom stereocenters. The SMILES string of the molecule is CCOC1(C(=O)O)C[C@@]2(C)C(CC[C@@H]3[C@H]2CC[C@]2(C)CCC[C@@H]32)CC1O. The van der Waals surface area contributed by atoms with Crippen LogP contribution in [0, 0.1) is 34.5 Å². The van der Waals surface area contributed by atoms with Gasteiger partial charge in [-0.05, 0) is 92.8 Å². The van der Waals surface area contributed by atoms with Gasteiger partial charge in [-0.25, -0.2) is 4.79 Å². The highest BCUT2D eigenvalue weighted by Crippen LogP contribution is 2.67. The van der Waals surface area contributed by atoms with E-state index in [0.717, 1.165) is 18.3 Å². The van der Waals surface area contributed by atoms with Crippen molar-refractivity contribution in [3.05, 3.63) is 0 Å². The lowest BCUT2D eigenvalue weighted by molar-refractivity contribution is -0.227. The summed E-state index contributed by atoms with van der Waals surface area (Å²) >= 11 is 0. The van der Waals surface area contributed by atoms with Gasteiger partial charge in [0.15, 0.2) is 5.60 Å². The number of aliphatic carboxylic acids is 1. The molecule has 3 unspecified atom stereocenters. The molecule has 4 heteroatoms. The molecule has 0 aromatic heterocycles.